The maximum atomic E-state index is 9.66. The molecule has 3 rings (SSSR count). The first-order valence-electron chi connectivity index (χ1n) is 10.4. The molecule has 3 N–H and O–H groups in total. The lowest BCUT2D eigenvalue weighted by molar-refractivity contribution is 0.239. The molecular formula is C23H32N4O2. The molecular weight excluding hydrogens is 364 g/mol. The highest BCUT2D eigenvalue weighted by atomic mass is 16.5. The number of phenolic OH excluding ortho intramolecular Hbond substituents is 1. The molecule has 0 amide bonds. The maximum absolute atomic E-state index is 9.66. The van der Waals surface area contributed by atoms with E-state index in [0.717, 1.165) is 43.5 Å². The third kappa shape index (κ3) is 5.87. The predicted molar refractivity (Wildman–Crippen MR) is 117 cm³/mol. The summed E-state index contributed by atoms with van der Waals surface area (Å²) < 4.78 is 5.63. The summed E-state index contributed by atoms with van der Waals surface area (Å²) in [6, 6.07) is 15.7. The largest absolute Gasteiger partial charge is 0.508 e. The molecule has 1 fully saturated rings. The van der Waals surface area contributed by atoms with E-state index < -0.39 is 0 Å². The molecule has 2 aromatic rings. The Balaban J connectivity index is 1.74. The summed E-state index contributed by atoms with van der Waals surface area (Å²) in [5.41, 5.74) is 2.18. The number of ether oxygens (including phenoxy) is 1. The number of methoxy groups -OCH3 is 1. The highest BCUT2D eigenvalue weighted by molar-refractivity contribution is 5.79. The fourth-order valence-electron chi connectivity index (χ4n) is 3.79. The van der Waals surface area contributed by atoms with Gasteiger partial charge in [0.05, 0.1) is 19.7 Å². The first-order chi connectivity index (χ1) is 14.2. The van der Waals surface area contributed by atoms with Crippen LogP contribution in [0.5, 0.6) is 11.5 Å². The number of benzene rings is 2. The number of guanidine groups is 1. The minimum Gasteiger partial charge on any atom is -0.508 e. The van der Waals surface area contributed by atoms with E-state index in [4.69, 9.17) is 9.73 Å². The molecule has 1 heterocycles. The van der Waals surface area contributed by atoms with E-state index in [0.29, 0.717) is 6.54 Å². The van der Waals surface area contributed by atoms with Gasteiger partial charge in [-0.3, -0.25) is 4.90 Å². The number of para-hydroxylation sites is 1. The molecule has 6 nitrogen and oxygen atoms in total. The van der Waals surface area contributed by atoms with Gasteiger partial charge in [-0.15, -0.1) is 0 Å². The van der Waals surface area contributed by atoms with Gasteiger partial charge in [0, 0.05) is 18.7 Å². The van der Waals surface area contributed by atoms with Crippen LogP contribution in [0.2, 0.25) is 0 Å². The van der Waals surface area contributed by atoms with E-state index in [1.54, 1.807) is 19.2 Å². The van der Waals surface area contributed by atoms with Crippen molar-refractivity contribution in [3.05, 3.63) is 59.7 Å². The predicted octanol–water partition coefficient (Wildman–Crippen LogP) is 3.29. The highest BCUT2D eigenvalue weighted by Gasteiger charge is 2.26. The minimum atomic E-state index is 0.221. The third-order valence-electron chi connectivity index (χ3n) is 5.22. The molecule has 0 aromatic heterocycles. The number of hydrogen-bond acceptors (Lipinski definition) is 4. The molecule has 1 aliphatic rings. The van der Waals surface area contributed by atoms with Crippen molar-refractivity contribution >= 4 is 5.96 Å². The molecule has 0 aliphatic carbocycles. The summed E-state index contributed by atoms with van der Waals surface area (Å²) in [5.74, 6) is 1.96. The number of nitrogens with zero attached hydrogens (tertiary/aromatic N) is 2. The van der Waals surface area contributed by atoms with Crippen molar-refractivity contribution in [1.29, 1.82) is 0 Å². The number of rotatable bonds is 8. The van der Waals surface area contributed by atoms with Crippen molar-refractivity contribution < 1.29 is 9.84 Å². The van der Waals surface area contributed by atoms with E-state index in [9.17, 15) is 5.11 Å². The van der Waals surface area contributed by atoms with Gasteiger partial charge < -0.3 is 20.5 Å². The summed E-state index contributed by atoms with van der Waals surface area (Å²) in [6.07, 6.45) is 2.47. The van der Waals surface area contributed by atoms with E-state index in [1.165, 1.54) is 18.4 Å². The van der Waals surface area contributed by atoms with Crippen LogP contribution in [0.25, 0.3) is 0 Å². The summed E-state index contributed by atoms with van der Waals surface area (Å²) in [7, 11) is 1.73. The molecule has 0 saturated carbocycles. The van der Waals surface area contributed by atoms with Crippen LogP contribution in [0, 0.1) is 0 Å². The smallest absolute Gasteiger partial charge is 0.191 e. The Labute approximate surface area is 173 Å². The van der Waals surface area contributed by atoms with Gasteiger partial charge in [0.25, 0.3) is 0 Å². The Morgan fingerprint density at radius 2 is 1.93 bits per heavy atom. The lowest BCUT2D eigenvalue weighted by Crippen LogP contribution is -2.42. The lowest BCUT2D eigenvalue weighted by atomic mass is 10.0. The van der Waals surface area contributed by atoms with Gasteiger partial charge >= 0.3 is 0 Å². The second-order valence-corrected chi connectivity index (χ2v) is 7.25. The van der Waals surface area contributed by atoms with Crippen molar-refractivity contribution in [3.8, 4) is 11.5 Å². The van der Waals surface area contributed by atoms with Crippen LogP contribution in [0.15, 0.2) is 53.5 Å². The van der Waals surface area contributed by atoms with Crippen molar-refractivity contribution in [2.45, 2.75) is 32.4 Å². The van der Waals surface area contributed by atoms with Gasteiger partial charge in [0.1, 0.15) is 11.5 Å². The van der Waals surface area contributed by atoms with Gasteiger partial charge in [-0.05, 0) is 56.6 Å². The zero-order valence-electron chi connectivity index (χ0n) is 17.4. The van der Waals surface area contributed by atoms with Gasteiger partial charge in [0.15, 0.2) is 5.96 Å². The van der Waals surface area contributed by atoms with Crippen molar-refractivity contribution in [3.63, 3.8) is 0 Å². The van der Waals surface area contributed by atoms with Gasteiger partial charge in [0.2, 0.25) is 0 Å². The van der Waals surface area contributed by atoms with Crippen LogP contribution >= 0.6 is 0 Å². The fourth-order valence-corrected chi connectivity index (χ4v) is 3.79. The SMILES string of the molecule is CCNC(=NCc1cccc(O)c1)NCC(c1ccccc1OC)N1CCCC1. The summed E-state index contributed by atoms with van der Waals surface area (Å²) >= 11 is 0. The Bertz CT molecular complexity index is 803. The van der Waals surface area contributed by atoms with E-state index in [-0.39, 0.29) is 11.8 Å². The Kier molecular flexibility index (Phi) is 7.76. The lowest BCUT2D eigenvalue weighted by Gasteiger charge is -2.30. The van der Waals surface area contributed by atoms with Crippen molar-refractivity contribution in [2.24, 2.45) is 4.99 Å². The monoisotopic (exact) mass is 396 g/mol. The number of aliphatic imine (C=N–C) groups is 1. The van der Waals surface area contributed by atoms with Gasteiger partial charge in [-0.25, -0.2) is 4.99 Å². The van der Waals surface area contributed by atoms with Crippen LogP contribution in [-0.4, -0.2) is 49.3 Å². The van der Waals surface area contributed by atoms with Crippen LogP contribution < -0.4 is 15.4 Å². The average molecular weight is 397 g/mol. The molecule has 1 atom stereocenters. The van der Waals surface area contributed by atoms with Gasteiger partial charge in [-0.2, -0.15) is 0 Å². The topological polar surface area (TPSA) is 69.1 Å². The molecule has 2 aromatic carbocycles. The summed E-state index contributed by atoms with van der Waals surface area (Å²) in [4.78, 5) is 7.21. The molecule has 0 radical (unpaired) electrons. The number of likely N-dealkylation sites (tertiary alicyclic amines) is 1. The Morgan fingerprint density at radius 3 is 2.66 bits per heavy atom. The van der Waals surface area contributed by atoms with Crippen LogP contribution in [0.1, 0.15) is 36.9 Å². The zero-order valence-corrected chi connectivity index (χ0v) is 17.4. The van der Waals surface area contributed by atoms with E-state index in [1.807, 2.05) is 24.3 Å². The first kappa shape index (κ1) is 21.0. The highest BCUT2D eigenvalue weighted by Crippen LogP contribution is 2.31. The fraction of sp³-hybridized carbons (Fsp3) is 0.435. The maximum Gasteiger partial charge on any atom is 0.191 e. The molecule has 1 unspecified atom stereocenters. The van der Waals surface area contributed by atoms with E-state index in [2.05, 4.69) is 34.6 Å². The number of nitrogens with one attached hydrogen (secondary N) is 2. The van der Waals surface area contributed by atoms with Crippen LogP contribution in [0.3, 0.4) is 0 Å². The van der Waals surface area contributed by atoms with Crippen molar-refractivity contribution in [1.82, 2.24) is 15.5 Å². The number of hydrogen-bond donors (Lipinski definition) is 3. The second kappa shape index (κ2) is 10.7. The first-order valence-corrected chi connectivity index (χ1v) is 10.4. The third-order valence-corrected chi connectivity index (χ3v) is 5.22. The quantitative estimate of drug-likeness (QED) is 0.472. The molecule has 156 valence electrons. The van der Waals surface area contributed by atoms with Crippen molar-refractivity contribution in [2.75, 3.05) is 33.3 Å². The van der Waals surface area contributed by atoms with Crippen LogP contribution in [0.4, 0.5) is 0 Å². The molecule has 1 aliphatic heterocycles. The summed E-state index contributed by atoms with van der Waals surface area (Å²) in [5, 5.41) is 16.5. The average Bonchev–Trinajstić information content (AvgIpc) is 3.27. The molecule has 0 spiro atoms. The Morgan fingerprint density at radius 1 is 1.14 bits per heavy atom. The summed E-state index contributed by atoms with van der Waals surface area (Å²) in [6.45, 7) is 6.29. The Hall–Kier alpha value is -2.73. The zero-order chi connectivity index (χ0) is 20.5. The number of phenols is 1. The van der Waals surface area contributed by atoms with Crippen LogP contribution in [-0.2, 0) is 6.54 Å². The molecule has 0 bridgehead atoms. The van der Waals surface area contributed by atoms with Gasteiger partial charge in [-0.1, -0.05) is 30.3 Å². The number of aromatic hydroxyl groups is 1. The molecule has 1 saturated heterocycles. The molecule has 29 heavy (non-hydrogen) atoms. The van der Waals surface area contributed by atoms with E-state index >= 15 is 0 Å². The standard InChI is InChI=1S/C23H32N4O2/c1-3-24-23(25-16-18-9-8-10-19(28)15-18)26-17-21(27-13-6-7-14-27)20-11-4-5-12-22(20)29-2/h4-5,8-12,15,21,28H,3,6-7,13-14,16-17H2,1-2H3,(H2,24,25,26). The molecule has 6 heteroatoms. The minimum absolute atomic E-state index is 0.221. The second-order valence-electron chi connectivity index (χ2n) is 7.25. The normalized spacial score (nSPS) is 15.9.